The molecule has 0 aliphatic carbocycles. The minimum Gasteiger partial charge on any atom is -0.504 e. The molecule has 0 aromatic heterocycles. The molecule has 0 saturated carbocycles. The topological polar surface area (TPSA) is 44.5 Å². The highest BCUT2D eigenvalue weighted by Crippen LogP contribution is 2.13. The number of nitrogens with two attached hydrogens (primary N) is 1. The fourth-order valence-electron chi connectivity index (χ4n) is 0.868. The average molecular weight is 197 g/mol. The highest BCUT2D eigenvalue weighted by molar-refractivity contribution is 5.31. The summed E-state index contributed by atoms with van der Waals surface area (Å²) in [5, 5.41) is 0. The van der Waals surface area contributed by atoms with Gasteiger partial charge in [-0.05, 0) is 25.5 Å². The fourth-order valence-corrected chi connectivity index (χ4v) is 0.868. The van der Waals surface area contributed by atoms with Crippen LogP contribution in [0.1, 0.15) is 13.8 Å². The summed E-state index contributed by atoms with van der Waals surface area (Å²) in [6.07, 6.45) is 3.43. The van der Waals surface area contributed by atoms with Gasteiger partial charge in [-0.15, -0.1) is 0 Å². The van der Waals surface area contributed by atoms with E-state index >= 15 is 0 Å². The summed E-state index contributed by atoms with van der Waals surface area (Å²) in [5.41, 5.74) is 7.39. The van der Waals surface area contributed by atoms with Crippen LogP contribution >= 0.6 is 0 Å². The summed E-state index contributed by atoms with van der Waals surface area (Å²) in [6, 6.07) is -0.0736. The van der Waals surface area contributed by atoms with Crippen LogP contribution in [0.5, 0.6) is 0 Å². The third kappa shape index (κ3) is 4.14. The van der Waals surface area contributed by atoms with Crippen LogP contribution in [0.15, 0.2) is 35.8 Å². The summed E-state index contributed by atoms with van der Waals surface area (Å²) in [6.45, 7) is 7.61. The van der Waals surface area contributed by atoms with Gasteiger partial charge in [-0.2, -0.15) is 0 Å². The maximum absolute atomic E-state index is 5.66. The Balaban J connectivity index is 4.71. The monoisotopic (exact) mass is 197 g/mol. The Kier molecular flexibility index (Phi) is 5.72. The Morgan fingerprint density at radius 3 is 2.36 bits per heavy atom. The van der Waals surface area contributed by atoms with Crippen LogP contribution in [0.4, 0.5) is 0 Å². The van der Waals surface area contributed by atoms with E-state index in [4.69, 9.17) is 15.2 Å². The Morgan fingerprint density at radius 2 is 2.00 bits per heavy atom. The minimum absolute atomic E-state index is 0.0736. The van der Waals surface area contributed by atoms with E-state index in [0.717, 1.165) is 11.1 Å². The van der Waals surface area contributed by atoms with Gasteiger partial charge in [0.1, 0.15) is 5.76 Å². The van der Waals surface area contributed by atoms with E-state index in [9.17, 15) is 0 Å². The Bertz CT molecular complexity index is 252. The quantitative estimate of drug-likeness (QED) is 0.541. The second-order valence-electron chi connectivity index (χ2n) is 3.11. The lowest BCUT2D eigenvalue weighted by Crippen LogP contribution is -2.16. The molecule has 0 fully saturated rings. The van der Waals surface area contributed by atoms with Gasteiger partial charge in [0.05, 0.1) is 20.5 Å². The van der Waals surface area contributed by atoms with Crippen molar-refractivity contribution in [2.75, 3.05) is 14.2 Å². The third-order valence-electron chi connectivity index (χ3n) is 1.80. The first-order valence-electron chi connectivity index (χ1n) is 4.43. The van der Waals surface area contributed by atoms with Crippen LogP contribution < -0.4 is 5.73 Å². The van der Waals surface area contributed by atoms with Crippen molar-refractivity contribution in [3.05, 3.63) is 35.8 Å². The molecule has 0 aliphatic heterocycles. The summed E-state index contributed by atoms with van der Waals surface area (Å²) in [5.74, 6) is 0.717. The largest absolute Gasteiger partial charge is 0.504 e. The zero-order valence-corrected chi connectivity index (χ0v) is 9.33. The minimum atomic E-state index is -0.0736. The zero-order chi connectivity index (χ0) is 11.1. The van der Waals surface area contributed by atoms with Gasteiger partial charge in [-0.1, -0.05) is 6.58 Å². The molecule has 0 heterocycles. The molecule has 80 valence electrons. The number of hydrogen-bond donors (Lipinski definition) is 1. The summed E-state index contributed by atoms with van der Waals surface area (Å²) < 4.78 is 10.1. The van der Waals surface area contributed by atoms with Crippen molar-refractivity contribution in [3.63, 3.8) is 0 Å². The molecule has 0 amide bonds. The molecule has 1 atom stereocenters. The van der Waals surface area contributed by atoms with Gasteiger partial charge in [-0.25, -0.2) is 0 Å². The molecular weight excluding hydrogens is 178 g/mol. The lowest BCUT2D eigenvalue weighted by atomic mass is 10.1. The Labute approximate surface area is 85.9 Å². The van der Waals surface area contributed by atoms with Gasteiger partial charge >= 0.3 is 0 Å². The van der Waals surface area contributed by atoms with E-state index in [-0.39, 0.29) is 6.04 Å². The summed E-state index contributed by atoms with van der Waals surface area (Å²) in [7, 11) is 3.20. The summed E-state index contributed by atoms with van der Waals surface area (Å²) in [4.78, 5) is 0. The molecule has 3 heteroatoms. The molecule has 14 heavy (non-hydrogen) atoms. The van der Waals surface area contributed by atoms with Gasteiger partial charge in [0.25, 0.3) is 0 Å². The van der Waals surface area contributed by atoms with E-state index in [1.54, 1.807) is 20.5 Å². The normalized spacial score (nSPS) is 14.9. The van der Waals surface area contributed by atoms with Crippen molar-refractivity contribution >= 4 is 0 Å². The second kappa shape index (κ2) is 6.27. The Hall–Kier alpha value is -1.22. The van der Waals surface area contributed by atoms with Crippen LogP contribution in [0.2, 0.25) is 0 Å². The Morgan fingerprint density at radius 1 is 1.43 bits per heavy atom. The van der Waals surface area contributed by atoms with E-state index in [0.29, 0.717) is 5.76 Å². The number of methoxy groups -OCH3 is 2. The molecule has 0 unspecified atom stereocenters. The van der Waals surface area contributed by atoms with Crippen LogP contribution in [-0.2, 0) is 9.47 Å². The van der Waals surface area contributed by atoms with E-state index < -0.39 is 0 Å². The van der Waals surface area contributed by atoms with Crippen molar-refractivity contribution in [2.45, 2.75) is 19.9 Å². The number of ether oxygens (including phenoxy) is 2. The van der Waals surface area contributed by atoms with E-state index in [1.807, 2.05) is 19.9 Å². The van der Waals surface area contributed by atoms with Crippen molar-refractivity contribution in [2.24, 2.45) is 5.73 Å². The van der Waals surface area contributed by atoms with Gasteiger partial charge in [0, 0.05) is 11.6 Å². The lowest BCUT2D eigenvalue weighted by Gasteiger charge is -2.09. The molecule has 3 nitrogen and oxygen atoms in total. The molecule has 0 bridgehead atoms. The van der Waals surface area contributed by atoms with E-state index in [1.165, 1.54) is 0 Å². The highest BCUT2D eigenvalue weighted by atomic mass is 16.5. The molecule has 0 aromatic rings. The van der Waals surface area contributed by atoms with Crippen molar-refractivity contribution in [1.82, 2.24) is 0 Å². The highest BCUT2D eigenvalue weighted by Gasteiger charge is 2.03. The molecule has 2 N–H and O–H groups in total. The number of hydrogen-bond acceptors (Lipinski definition) is 3. The predicted octanol–water partition coefficient (Wildman–Crippen LogP) is 1.97. The average Bonchev–Trinajstić information content (AvgIpc) is 2.13. The van der Waals surface area contributed by atoms with Gasteiger partial charge in [0.2, 0.25) is 0 Å². The number of rotatable bonds is 5. The molecule has 0 aromatic carbocycles. The maximum atomic E-state index is 5.66. The molecule has 0 rings (SSSR count). The molecule has 0 radical (unpaired) electrons. The van der Waals surface area contributed by atoms with Gasteiger partial charge in [0.15, 0.2) is 0 Å². The molecule has 0 aliphatic rings. The maximum Gasteiger partial charge on any atom is 0.125 e. The first kappa shape index (κ1) is 12.8. The van der Waals surface area contributed by atoms with Crippen molar-refractivity contribution in [1.29, 1.82) is 0 Å². The van der Waals surface area contributed by atoms with Crippen LogP contribution in [0.3, 0.4) is 0 Å². The predicted molar refractivity (Wildman–Crippen MR) is 58.6 cm³/mol. The smallest absolute Gasteiger partial charge is 0.125 e. The van der Waals surface area contributed by atoms with Crippen molar-refractivity contribution < 1.29 is 9.47 Å². The SMILES string of the molecule is C=C(/C=C(OC)\C(C)=C\OC)[C@@H](C)N. The summed E-state index contributed by atoms with van der Waals surface area (Å²) >= 11 is 0. The van der Waals surface area contributed by atoms with Crippen molar-refractivity contribution in [3.8, 4) is 0 Å². The molecule has 0 spiro atoms. The molecule has 0 saturated heterocycles. The van der Waals surface area contributed by atoms with Crippen LogP contribution in [0, 0.1) is 0 Å². The standard InChI is InChI=1S/C11H19NO2/c1-8(10(3)12)6-11(14-5)9(2)7-13-4/h6-7,10H,1,12H2,2-5H3/b9-7+,11-6+/t10-/m1/s1. The van der Waals surface area contributed by atoms with Crippen LogP contribution in [-0.4, -0.2) is 20.3 Å². The zero-order valence-electron chi connectivity index (χ0n) is 9.33. The fraction of sp³-hybridized carbons (Fsp3) is 0.455. The van der Waals surface area contributed by atoms with Gasteiger partial charge in [-0.3, -0.25) is 0 Å². The number of allylic oxidation sites excluding steroid dienone is 1. The molecular formula is C11H19NO2. The van der Waals surface area contributed by atoms with E-state index in [2.05, 4.69) is 6.58 Å². The first-order chi connectivity index (χ1) is 6.52. The second-order valence-corrected chi connectivity index (χ2v) is 3.11. The third-order valence-corrected chi connectivity index (χ3v) is 1.80. The van der Waals surface area contributed by atoms with Gasteiger partial charge < -0.3 is 15.2 Å². The lowest BCUT2D eigenvalue weighted by molar-refractivity contribution is 0.288. The first-order valence-corrected chi connectivity index (χ1v) is 4.43. The van der Waals surface area contributed by atoms with Crippen LogP contribution in [0.25, 0.3) is 0 Å².